The molecule has 3 aromatic rings. The molecule has 0 saturated carbocycles. The molecule has 40 heavy (non-hydrogen) atoms. The highest BCUT2D eigenvalue weighted by Gasteiger charge is 2.01. The lowest BCUT2D eigenvalue weighted by Gasteiger charge is -2.06. The van der Waals surface area contributed by atoms with Crippen LogP contribution in [0.2, 0.25) is 0 Å². The van der Waals surface area contributed by atoms with E-state index in [0.717, 1.165) is 43.2 Å². The number of carboxylic acid groups (broad SMARTS) is 1. The number of phenols is 2. The van der Waals surface area contributed by atoms with Crippen LogP contribution in [0.5, 0.6) is 17.2 Å². The van der Waals surface area contributed by atoms with E-state index in [1.54, 1.807) is 12.1 Å². The van der Waals surface area contributed by atoms with Gasteiger partial charge in [0.15, 0.2) is 11.5 Å². The van der Waals surface area contributed by atoms with Gasteiger partial charge in [-0.25, -0.2) is 0 Å². The summed E-state index contributed by atoms with van der Waals surface area (Å²) in [6, 6.07) is 21.1. The molecule has 0 amide bonds. The Bertz CT molecular complexity index is 1090. The SMILES string of the molecule is C=CCc1ccc(O)c(OC)c1.CCCCCC(=O)O.Cc1ccc(C(C)C)cc1O.OCCc1ccccc1. The number of allylic oxidation sites excluding steroid dienone is 1. The maximum atomic E-state index is 9.87. The first-order valence-electron chi connectivity index (χ1n) is 13.7. The van der Waals surface area contributed by atoms with E-state index >= 15 is 0 Å². The van der Waals surface area contributed by atoms with E-state index in [1.807, 2.05) is 61.5 Å². The third-order valence-electron chi connectivity index (χ3n) is 5.76. The number of rotatable bonds is 10. The van der Waals surface area contributed by atoms with Gasteiger partial charge >= 0.3 is 5.97 Å². The van der Waals surface area contributed by atoms with Crippen LogP contribution in [-0.2, 0) is 17.6 Å². The Labute approximate surface area is 240 Å². The molecule has 0 aliphatic rings. The number of methoxy groups -OCH3 is 1. The minimum atomic E-state index is -0.682. The predicted octanol–water partition coefficient (Wildman–Crippen LogP) is 7.83. The van der Waals surface area contributed by atoms with Gasteiger partial charge in [0.2, 0.25) is 0 Å². The first-order chi connectivity index (χ1) is 19.1. The number of aliphatic hydroxyl groups is 1. The number of aliphatic hydroxyl groups excluding tert-OH is 1. The Morgan fingerprint density at radius 1 is 0.950 bits per heavy atom. The smallest absolute Gasteiger partial charge is 0.303 e. The van der Waals surface area contributed by atoms with Crippen LogP contribution >= 0.6 is 0 Å². The van der Waals surface area contributed by atoms with Crippen molar-refractivity contribution in [2.24, 2.45) is 0 Å². The number of hydrogen-bond acceptors (Lipinski definition) is 5. The molecule has 0 atom stereocenters. The average Bonchev–Trinajstić information content (AvgIpc) is 2.93. The van der Waals surface area contributed by atoms with Crippen molar-refractivity contribution in [3.05, 3.63) is 102 Å². The topological polar surface area (TPSA) is 107 Å². The van der Waals surface area contributed by atoms with Crippen LogP contribution in [-0.4, -0.2) is 40.1 Å². The van der Waals surface area contributed by atoms with Crippen molar-refractivity contribution in [3.8, 4) is 17.2 Å². The van der Waals surface area contributed by atoms with Crippen molar-refractivity contribution in [2.45, 2.75) is 72.1 Å². The zero-order valence-electron chi connectivity index (χ0n) is 24.8. The number of aliphatic carboxylic acids is 1. The summed E-state index contributed by atoms with van der Waals surface area (Å²) in [4.78, 5) is 9.87. The van der Waals surface area contributed by atoms with E-state index < -0.39 is 5.97 Å². The van der Waals surface area contributed by atoms with Gasteiger partial charge in [-0.05, 0) is 72.6 Å². The number of carbonyl (C=O) groups is 1. The summed E-state index contributed by atoms with van der Waals surface area (Å²) in [6.07, 6.45) is 6.64. The second-order valence-electron chi connectivity index (χ2n) is 9.51. The van der Waals surface area contributed by atoms with E-state index in [4.69, 9.17) is 14.9 Å². The molecule has 6 nitrogen and oxygen atoms in total. The van der Waals surface area contributed by atoms with Crippen molar-refractivity contribution in [3.63, 3.8) is 0 Å². The highest BCUT2D eigenvalue weighted by molar-refractivity contribution is 5.66. The molecule has 0 saturated heterocycles. The molecular weight excluding hydrogens is 504 g/mol. The zero-order valence-corrected chi connectivity index (χ0v) is 24.8. The standard InChI is InChI=1S/C10H12O2.C10H14O.C8H10O.C6H12O2/c1-3-4-8-5-6-9(11)10(7-8)12-2;1-7(2)9-5-4-8(3)10(11)6-9;9-7-6-8-4-2-1-3-5-8;1-2-3-4-5-6(7)8/h3,5-7,11H,1,4H2,2H3;4-7,11H,1-3H3;1-5,9H,6-7H2;2-5H2,1H3,(H,7,8). The predicted molar refractivity (Wildman–Crippen MR) is 165 cm³/mol. The van der Waals surface area contributed by atoms with Crippen molar-refractivity contribution >= 4 is 5.97 Å². The number of hydrogen-bond donors (Lipinski definition) is 4. The number of aromatic hydroxyl groups is 2. The lowest BCUT2D eigenvalue weighted by atomic mass is 10.0. The first kappa shape index (κ1) is 36.2. The Balaban J connectivity index is 0.000000514. The van der Waals surface area contributed by atoms with E-state index in [1.165, 1.54) is 18.2 Å². The van der Waals surface area contributed by atoms with Crippen molar-refractivity contribution in [2.75, 3.05) is 13.7 Å². The number of phenolic OH excluding ortho intramolecular Hbond substituents is 2. The molecule has 3 rings (SSSR count). The van der Waals surface area contributed by atoms with Crippen LogP contribution in [0.25, 0.3) is 0 Å². The summed E-state index contributed by atoms with van der Waals surface area (Å²) in [5, 5.41) is 35.3. The highest BCUT2D eigenvalue weighted by Crippen LogP contribution is 2.26. The van der Waals surface area contributed by atoms with Crippen LogP contribution < -0.4 is 4.74 Å². The highest BCUT2D eigenvalue weighted by atomic mass is 16.5. The fraction of sp³-hybridized carbons (Fsp3) is 0.382. The Kier molecular flexibility index (Phi) is 20.0. The monoisotopic (exact) mass is 552 g/mol. The normalized spacial score (nSPS) is 9.68. The summed E-state index contributed by atoms with van der Waals surface area (Å²) in [5.74, 6) is 0.885. The Hall–Kier alpha value is -3.77. The molecule has 0 aromatic heterocycles. The van der Waals surface area contributed by atoms with E-state index in [9.17, 15) is 15.0 Å². The third kappa shape index (κ3) is 16.9. The molecule has 3 aromatic carbocycles. The number of aryl methyl sites for hydroxylation is 1. The molecule has 4 N–H and O–H groups in total. The molecule has 0 heterocycles. The molecule has 220 valence electrons. The van der Waals surface area contributed by atoms with Gasteiger partial charge in [-0.15, -0.1) is 6.58 Å². The van der Waals surface area contributed by atoms with Gasteiger partial charge in [0.25, 0.3) is 0 Å². The largest absolute Gasteiger partial charge is 0.508 e. The van der Waals surface area contributed by atoms with E-state index in [2.05, 4.69) is 33.4 Å². The number of unbranched alkanes of at least 4 members (excludes halogenated alkanes) is 2. The zero-order chi connectivity index (χ0) is 30.3. The lowest BCUT2D eigenvalue weighted by Crippen LogP contribution is -1.92. The fourth-order valence-electron chi connectivity index (χ4n) is 3.30. The summed E-state index contributed by atoms with van der Waals surface area (Å²) < 4.78 is 4.95. The molecule has 0 spiro atoms. The molecule has 0 aliphatic heterocycles. The number of ether oxygens (including phenoxy) is 1. The molecule has 0 radical (unpaired) electrons. The second-order valence-corrected chi connectivity index (χ2v) is 9.51. The van der Waals surface area contributed by atoms with Crippen LogP contribution in [0.4, 0.5) is 0 Å². The number of benzene rings is 3. The Morgan fingerprint density at radius 2 is 1.62 bits per heavy atom. The van der Waals surface area contributed by atoms with Gasteiger partial charge in [-0.3, -0.25) is 4.79 Å². The lowest BCUT2D eigenvalue weighted by molar-refractivity contribution is -0.137. The summed E-state index contributed by atoms with van der Waals surface area (Å²) >= 11 is 0. The van der Waals surface area contributed by atoms with Gasteiger partial charge in [0, 0.05) is 13.0 Å². The maximum absolute atomic E-state index is 9.87. The van der Waals surface area contributed by atoms with Crippen LogP contribution in [0, 0.1) is 6.92 Å². The third-order valence-corrected chi connectivity index (χ3v) is 5.76. The van der Waals surface area contributed by atoms with Crippen LogP contribution in [0.15, 0.2) is 79.4 Å². The number of carboxylic acids is 1. The average molecular weight is 553 g/mol. The summed E-state index contributed by atoms with van der Waals surface area (Å²) in [6.45, 7) is 12.1. The van der Waals surface area contributed by atoms with Crippen molar-refractivity contribution in [1.82, 2.24) is 0 Å². The second kappa shape index (κ2) is 22.1. The minimum absolute atomic E-state index is 0.172. The van der Waals surface area contributed by atoms with Gasteiger partial charge in [0.05, 0.1) is 7.11 Å². The van der Waals surface area contributed by atoms with E-state index in [0.29, 0.717) is 23.8 Å². The summed E-state index contributed by atoms with van der Waals surface area (Å²) in [7, 11) is 1.53. The molecule has 6 heteroatoms. The molecule has 0 bridgehead atoms. The van der Waals surface area contributed by atoms with Gasteiger partial charge in [-0.2, -0.15) is 0 Å². The summed E-state index contributed by atoms with van der Waals surface area (Å²) in [5.41, 5.74) is 4.40. The fourth-order valence-corrected chi connectivity index (χ4v) is 3.30. The molecule has 0 unspecified atom stereocenters. The van der Waals surface area contributed by atoms with Gasteiger partial charge in [-0.1, -0.05) is 88.2 Å². The molecular formula is C34H48O6. The van der Waals surface area contributed by atoms with E-state index in [-0.39, 0.29) is 12.4 Å². The molecule has 0 aliphatic carbocycles. The minimum Gasteiger partial charge on any atom is -0.508 e. The van der Waals surface area contributed by atoms with Gasteiger partial charge < -0.3 is 25.2 Å². The van der Waals surface area contributed by atoms with Crippen LogP contribution in [0.1, 0.15) is 74.6 Å². The maximum Gasteiger partial charge on any atom is 0.303 e. The first-order valence-corrected chi connectivity index (χ1v) is 13.7. The molecule has 0 fully saturated rings. The van der Waals surface area contributed by atoms with Gasteiger partial charge in [0.1, 0.15) is 5.75 Å². The van der Waals surface area contributed by atoms with Crippen molar-refractivity contribution < 1.29 is 30.0 Å². The van der Waals surface area contributed by atoms with Crippen LogP contribution in [0.3, 0.4) is 0 Å². The Morgan fingerprint density at radius 3 is 2.12 bits per heavy atom. The van der Waals surface area contributed by atoms with Crippen molar-refractivity contribution in [1.29, 1.82) is 0 Å². The quantitative estimate of drug-likeness (QED) is 0.151.